The Labute approximate surface area is 125 Å². The summed E-state index contributed by atoms with van der Waals surface area (Å²) >= 11 is 0. The summed E-state index contributed by atoms with van der Waals surface area (Å²) in [6.07, 6.45) is 0.376. The van der Waals surface area contributed by atoms with Crippen LogP contribution in [0.15, 0.2) is 48.5 Å². The number of rotatable bonds is 5. The number of nitrogens with zero attached hydrogens (tertiary/aromatic N) is 1. The lowest BCUT2D eigenvalue weighted by atomic mass is 10.1. The maximum absolute atomic E-state index is 12.2. The van der Waals surface area contributed by atoms with Gasteiger partial charge in [0.05, 0.1) is 13.5 Å². The van der Waals surface area contributed by atoms with Crippen molar-refractivity contribution in [2.45, 2.75) is 13.0 Å². The van der Waals surface area contributed by atoms with Gasteiger partial charge in [0.1, 0.15) is 5.75 Å². The molecule has 0 aromatic heterocycles. The number of ether oxygens (including phenoxy) is 1. The van der Waals surface area contributed by atoms with E-state index in [1.807, 2.05) is 48.5 Å². The Morgan fingerprint density at radius 3 is 2.52 bits per heavy atom. The van der Waals surface area contributed by atoms with E-state index in [9.17, 15) is 4.79 Å². The molecule has 0 unspecified atom stereocenters. The first-order valence-electron chi connectivity index (χ1n) is 6.80. The molecule has 0 fully saturated rings. The average molecular weight is 284 g/mol. The highest BCUT2D eigenvalue weighted by Gasteiger charge is 2.10. The maximum atomic E-state index is 12.2. The number of benzene rings is 2. The molecule has 0 aliphatic heterocycles. The first-order chi connectivity index (χ1) is 10.1. The van der Waals surface area contributed by atoms with E-state index >= 15 is 0 Å². The SMILES string of the molecule is COc1cccc(CN(C)C(=O)Cc2ccc(N)cc2)c1. The van der Waals surface area contributed by atoms with Crippen LogP contribution in [0, 0.1) is 0 Å². The number of carbonyl (C=O) groups excluding carboxylic acids is 1. The minimum absolute atomic E-state index is 0.0718. The van der Waals surface area contributed by atoms with Crippen molar-refractivity contribution in [3.63, 3.8) is 0 Å². The smallest absolute Gasteiger partial charge is 0.227 e. The molecule has 4 nitrogen and oxygen atoms in total. The lowest BCUT2D eigenvalue weighted by molar-refractivity contribution is -0.129. The van der Waals surface area contributed by atoms with Gasteiger partial charge in [-0.3, -0.25) is 4.79 Å². The number of carbonyl (C=O) groups is 1. The van der Waals surface area contributed by atoms with Crippen molar-refractivity contribution < 1.29 is 9.53 Å². The van der Waals surface area contributed by atoms with Gasteiger partial charge in [-0.1, -0.05) is 24.3 Å². The summed E-state index contributed by atoms with van der Waals surface area (Å²) in [7, 11) is 3.44. The van der Waals surface area contributed by atoms with E-state index in [-0.39, 0.29) is 5.91 Å². The molecule has 21 heavy (non-hydrogen) atoms. The quantitative estimate of drug-likeness (QED) is 0.858. The second-order valence-corrected chi connectivity index (χ2v) is 5.02. The molecular formula is C17H20N2O2. The van der Waals surface area contributed by atoms with E-state index in [0.29, 0.717) is 18.7 Å². The fourth-order valence-electron chi connectivity index (χ4n) is 2.08. The van der Waals surface area contributed by atoms with Crippen molar-refractivity contribution in [1.29, 1.82) is 0 Å². The molecule has 2 rings (SSSR count). The van der Waals surface area contributed by atoms with Crippen LogP contribution in [-0.4, -0.2) is 25.0 Å². The number of likely N-dealkylation sites (N-methyl/N-ethyl adjacent to an activating group) is 1. The van der Waals surface area contributed by atoms with E-state index in [4.69, 9.17) is 10.5 Å². The van der Waals surface area contributed by atoms with Gasteiger partial charge in [-0.05, 0) is 35.4 Å². The van der Waals surface area contributed by atoms with Crippen molar-refractivity contribution >= 4 is 11.6 Å². The topological polar surface area (TPSA) is 55.6 Å². The Hall–Kier alpha value is -2.49. The average Bonchev–Trinajstić information content (AvgIpc) is 2.49. The first-order valence-corrected chi connectivity index (χ1v) is 6.80. The molecule has 0 aliphatic carbocycles. The lowest BCUT2D eigenvalue weighted by Crippen LogP contribution is -2.27. The molecule has 0 bridgehead atoms. The summed E-state index contributed by atoms with van der Waals surface area (Å²) in [4.78, 5) is 13.9. The normalized spacial score (nSPS) is 10.2. The summed E-state index contributed by atoms with van der Waals surface area (Å²) in [5.41, 5.74) is 8.35. The van der Waals surface area contributed by atoms with Crippen molar-refractivity contribution in [3.8, 4) is 5.75 Å². The molecule has 4 heteroatoms. The summed E-state index contributed by atoms with van der Waals surface area (Å²) in [6, 6.07) is 15.1. The third-order valence-corrected chi connectivity index (χ3v) is 3.31. The van der Waals surface area contributed by atoms with Crippen molar-refractivity contribution in [2.24, 2.45) is 0 Å². The van der Waals surface area contributed by atoms with Gasteiger partial charge in [0.25, 0.3) is 0 Å². The van der Waals surface area contributed by atoms with Gasteiger partial charge in [0.15, 0.2) is 0 Å². The number of amides is 1. The zero-order valence-electron chi connectivity index (χ0n) is 12.4. The van der Waals surface area contributed by atoms with Crippen LogP contribution in [0.3, 0.4) is 0 Å². The molecule has 0 saturated heterocycles. The highest BCUT2D eigenvalue weighted by Crippen LogP contribution is 2.14. The van der Waals surface area contributed by atoms with Crippen LogP contribution >= 0.6 is 0 Å². The second-order valence-electron chi connectivity index (χ2n) is 5.02. The van der Waals surface area contributed by atoms with Crippen LogP contribution in [0.25, 0.3) is 0 Å². The highest BCUT2D eigenvalue weighted by molar-refractivity contribution is 5.78. The van der Waals surface area contributed by atoms with Crippen LogP contribution in [0.4, 0.5) is 5.69 Å². The third-order valence-electron chi connectivity index (χ3n) is 3.31. The van der Waals surface area contributed by atoms with Gasteiger partial charge in [-0.15, -0.1) is 0 Å². The van der Waals surface area contributed by atoms with Crippen molar-refractivity contribution in [1.82, 2.24) is 4.90 Å². The summed E-state index contributed by atoms with van der Waals surface area (Å²) < 4.78 is 5.19. The molecule has 0 heterocycles. The monoisotopic (exact) mass is 284 g/mol. The molecular weight excluding hydrogens is 264 g/mol. The van der Waals surface area contributed by atoms with Gasteiger partial charge in [-0.25, -0.2) is 0 Å². The van der Waals surface area contributed by atoms with E-state index in [0.717, 1.165) is 16.9 Å². The summed E-state index contributed by atoms with van der Waals surface area (Å²) in [5, 5.41) is 0. The van der Waals surface area contributed by atoms with Gasteiger partial charge in [0.2, 0.25) is 5.91 Å². The van der Waals surface area contributed by atoms with Crippen molar-refractivity contribution in [2.75, 3.05) is 19.9 Å². The van der Waals surface area contributed by atoms with Gasteiger partial charge in [-0.2, -0.15) is 0 Å². The van der Waals surface area contributed by atoms with Crippen LogP contribution in [0.1, 0.15) is 11.1 Å². The summed E-state index contributed by atoms with van der Waals surface area (Å²) in [5.74, 6) is 0.870. The Morgan fingerprint density at radius 1 is 1.14 bits per heavy atom. The fourth-order valence-corrected chi connectivity index (χ4v) is 2.08. The predicted octanol–water partition coefficient (Wildman–Crippen LogP) is 2.48. The first kappa shape index (κ1) is 14.9. The van der Waals surface area contributed by atoms with Crippen LogP contribution in [0.5, 0.6) is 5.75 Å². The predicted molar refractivity (Wildman–Crippen MR) is 84.0 cm³/mol. The van der Waals surface area contributed by atoms with E-state index < -0.39 is 0 Å². The van der Waals surface area contributed by atoms with Gasteiger partial charge in [0, 0.05) is 19.3 Å². The molecule has 2 aromatic rings. The molecule has 0 aliphatic rings. The minimum atomic E-state index is 0.0718. The molecule has 110 valence electrons. The van der Waals surface area contributed by atoms with Gasteiger partial charge < -0.3 is 15.4 Å². The number of nitrogens with two attached hydrogens (primary N) is 1. The van der Waals surface area contributed by atoms with E-state index in [2.05, 4.69) is 0 Å². The minimum Gasteiger partial charge on any atom is -0.497 e. The second kappa shape index (κ2) is 6.79. The number of hydrogen-bond acceptors (Lipinski definition) is 3. The van der Waals surface area contributed by atoms with Gasteiger partial charge >= 0.3 is 0 Å². The molecule has 0 radical (unpaired) electrons. The zero-order chi connectivity index (χ0) is 15.2. The number of hydrogen-bond donors (Lipinski definition) is 1. The maximum Gasteiger partial charge on any atom is 0.227 e. The van der Waals surface area contributed by atoms with E-state index in [1.54, 1.807) is 19.1 Å². The van der Waals surface area contributed by atoms with E-state index in [1.165, 1.54) is 0 Å². The molecule has 0 spiro atoms. The number of methoxy groups -OCH3 is 1. The number of nitrogen functional groups attached to an aromatic ring is 1. The summed E-state index contributed by atoms with van der Waals surface area (Å²) in [6.45, 7) is 0.561. The van der Waals surface area contributed by atoms with Crippen molar-refractivity contribution in [3.05, 3.63) is 59.7 Å². The lowest BCUT2D eigenvalue weighted by Gasteiger charge is -2.18. The Bertz CT molecular complexity index is 608. The molecule has 2 N–H and O–H groups in total. The zero-order valence-corrected chi connectivity index (χ0v) is 12.4. The Morgan fingerprint density at radius 2 is 1.86 bits per heavy atom. The largest absolute Gasteiger partial charge is 0.497 e. The van der Waals surface area contributed by atoms with Crippen LogP contribution < -0.4 is 10.5 Å². The van der Waals surface area contributed by atoms with Crippen LogP contribution in [-0.2, 0) is 17.8 Å². The fraction of sp³-hybridized carbons (Fsp3) is 0.235. The molecule has 0 saturated carbocycles. The molecule has 0 atom stereocenters. The Kier molecular flexibility index (Phi) is 4.82. The third kappa shape index (κ3) is 4.24. The highest BCUT2D eigenvalue weighted by atomic mass is 16.5. The standard InChI is InChI=1S/C17H20N2O2/c1-19(12-14-4-3-5-16(10-14)21-2)17(20)11-13-6-8-15(18)9-7-13/h3-10H,11-12,18H2,1-2H3. The molecule has 2 aromatic carbocycles. The Balaban J connectivity index is 1.97. The molecule has 1 amide bonds. The number of anilines is 1. The van der Waals surface area contributed by atoms with Crippen LogP contribution in [0.2, 0.25) is 0 Å².